The lowest BCUT2D eigenvalue weighted by Gasteiger charge is -2.16. The molecule has 0 aromatic heterocycles. The van der Waals surface area contributed by atoms with Crippen molar-refractivity contribution in [3.63, 3.8) is 0 Å². The quantitative estimate of drug-likeness (QED) is 0.846. The van der Waals surface area contributed by atoms with Gasteiger partial charge in [-0.05, 0) is 43.2 Å². The van der Waals surface area contributed by atoms with Gasteiger partial charge in [0.15, 0.2) is 0 Å². The Bertz CT molecular complexity index is 490. The van der Waals surface area contributed by atoms with Crippen LogP contribution in [0.3, 0.4) is 0 Å². The van der Waals surface area contributed by atoms with E-state index in [0.29, 0.717) is 17.9 Å². The number of carbonyl (C=O) groups excluding carboxylic acids is 1. The molecule has 1 saturated heterocycles. The van der Waals surface area contributed by atoms with Crippen molar-refractivity contribution in [2.45, 2.75) is 32.2 Å². The number of hydrogen-bond acceptors (Lipinski definition) is 2. The first kappa shape index (κ1) is 15.3. The highest BCUT2D eigenvalue weighted by molar-refractivity contribution is 5.74. The van der Waals surface area contributed by atoms with Gasteiger partial charge in [-0.25, -0.2) is 4.79 Å². The maximum Gasteiger partial charge on any atom is 0.315 e. The number of likely N-dealkylation sites (tertiary alicyclic amines) is 1. The third-order valence-electron chi connectivity index (χ3n) is 4.91. The van der Waals surface area contributed by atoms with E-state index in [1.165, 1.54) is 12.0 Å². The number of hydrogen-bond donors (Lipinski definition) is 2. The van der Waals surface area contributed by atoms with Crippen molar-refractivity contribution in [1.82, 2.24) is 15.5 Å². The summed E-state index contributed by atoms with van der Waals surface area (Å²) >= 11 is 0. The summed E-state index contributed by atoms with van der Waals surface area (Å²) in [5.74, 6) is 1.25. The van der Waals surface area contributed by atoms with Gasteiger partial charge in [0.2, 0.25) is 0 Å². The van der Waals surface area contributed by atoms with E-state index in [9.17, 15) is 4.79 Å². The molecule has 4 nitrogen and oxygen atoms in total. The topological polar surface area (TPSA) is 44.4 Å². The fourth-order valence-electron chi connectivity index (χ4n) is 3.19. The van der Waals surface area contributed by atoms with Crippen molar-refractivity contribution in [3.8, 4) is 0 Å². The van der Waals surface area contributed by atoms with E-state index in [0.717, 1.165) is 39.0 Å². The molecule has 1 aliphatic heterocycles. The van der Waals surface area contributed by atoms with Gasteiger partial charge in [-0.3, -0.25) is 0 Å². The van der Waals surface area contributed by atoms with Crippen molar-refractivity contribution in [2.24, 2.45) is 11.8 Å². The van der Waals surface area contributed by atoms with E-state index in [2.05, 4.69) is 52.8 Å². The van der Waals surface area contributed by atoms with Gasteiger partial charge in [-0.2, -0.15) is 0 Å². The molecule has 3 unspecified atom stereocenters. The van der Waals surface area contributed by atoms with Gasteiger partial charge in [0.05, 0.1) is 0 Å². The van der Waals surface area contributed by atoms with Crippen LogP contribution < -0.4 is 10.6 Å². The summed E-state index contributed by atoms with van der Waals surface area (Å²) < 4.78 is 0. The molecule has 2 fully saturated rings. The largest absolute Gasteiger partial charge is 0.338 e. The summed E-state index contributed by atoms with van der Waals surface area (Å²) in [5.41, 5.74) is 1.40. The van der Waals surface area contributed by atoms with Crippen molar-refractivity contribution in [2.75, 3.05) is 26.2 Å². The Morgan fingerprint density at radius 3 is 2.82 bits per heavy atom. The molecule has 1 aromatic carbocycles. The van der Waals surface area contributed by atoms with E-state index in [1.54, 1.807) is 0 Å². The number of nitrogens with one attached hydrogen (secondary N) is 2. The number of rotatable bonds is 6. The monoisotopic (exact) mass is 301 g/mol. The molecule has 2 N–H and O–H groups in total. The Morgan fingerprint density at radius 2 is 2.09 bits per heavy atom. The van der Waals surface area contributed by atoms with Gasteiger partial charge in [0, 0.05) is 25.7 Å². The predicted molar refractivity (Wildman–Crippen MR) is 88.8 cm³/mol. The molecule has 2 aliphatic rings. The fourth-order valence-corrected chi connectivity index (χ4v) is 3.19. The minimum absolute atomic E-state index is 0.0112. The molecular weight excluding hydrogens is 274 g/mol. The molecule has 2 amide bonds. The number of amides is 2. The van der Waals surface area contributed by atoms with Crippen molar-refractivity contribution in [1.29, 1.82) is 0 Å². The molecule has 120 valence electrons. The summed E-state index contributed by atoms with van der Waals surface area (Å²) in [6.07, 6.45) is 3.43. The van der Waals surface area contributed by atoms with E-state index < -0.39 is 0 Å². The molecule has 1 heterocycles. The second kappa shape index (κ2) is 7.14. The third kappa shape index (κ3) is 4.47. The highest BCUT2D eigenvalue weighted by Gasteiger charge is 2.34. The predicted octanol–water partition coefficient (Wildman–Crippen LogP) is 2.26. The van der Waals surface area contributed by atoms with Crippen LogP contribution in [0.4, 0.5) is 4.79 Å². The minimum atomic E-state index is 0.0112. The van der Waals surface area contributed by atoms with Crippen LogP contribution in [0.25, 0.3) is 0 Å². The second-order valence-electron chi connectivity index (χ2n) is 6.86. The van der Waals surface area contributed by atoms with Crippen LogP contribution in [0, 0.1) is 11.8 Å². The van der Waals surface area contributed by atoms with Crippen LogP contribution in [0.2, 0.25) is 0 Å². The number of carbonyl (C=O) groups is 1. The van der Waals surface area contributed by atoms with Crippen LogP contribution in [-0.2, 0) is 6.42 Å². The number of urea groups is 1. The van der Waals surface area contributed by atoms with Crippen molar-refractivity contribution >= 4 is 6.03 Å². The average Bonchev–Trinajstić information content (AvgIpc) is 3.03. The lowest BCUT2D eigenvalue weighted by Crippen LogP contribution is -2.40. The minimum Gasteiger partial charge on any atom is -0.338 e. The van der Waals surface area contributed by atoms with Crippen molar-refractivity contribution < 1.29 is 4.79 Å². The van der Waals surface area contributed by atoms with Gasteiger partial charge in [-0.1, -0.05) is 37.3 Å². The average molecular weight is 301 g/mol. The highest BCUT2D eigenvalue weighted by atomic mass is 16.2. The second-order valence-corrected chi connectivity index (χ2v) is 6.86. The molecule has 1 aliphatic carbocycles. The van der Waals surface area contributed by atoms with Gasteiger partial charge in [-0.15, -0.1) is 0 Å². The zero-order valence-electron chi connectivity index (χ0n) is 13.4. The molecule has 4 heteroatoms. The van der Waals surface area contributed by atoms with E-state index in [1.807, 2.05) is 0 Å². The third-order valence-corrected chi connectivity index (χ3v) is 4.91. The van der Waals surface area contributed by atoms with E-state index in [4.69, 9.17) is 0 Å². The van der Waals surface area contributed by atoms with E-state index in [-0.39, 0.29) is 6.03 Å². The Balaban J connectivity index is 1.31. The summed E-state index contributed by atoms with van der Waals surface area (Å²) in [4.78, 5) is 14.3. The van der Waals surface area contributed by atoms with Crippen LogP contribution in [0.1, 0.15) is 25.3 Å². The van der Waals surface area contributed by atoms with Crippen LogP contribution in [0.5, 0.6) is 0 Å². The zero-order valence-corrected chi connectivity index (χ0v) is 13.4. The SMILES string of the molecule is CC1CC1NC(=O)NCC1CCN(CCc2ccccc2)C1. The molecule has 0 radical (unpaired) electrons. The number of benzene rings is 1. The first-order valence-electron chi connectivity index (χ1n) is 8.51. The molecular formula is C18H27N3O. The fraction of sp³-hybridized carbons (Fsp3) is 0.611. The molecule has 0 bridgehead atoms. The smallest absolute Gasteiger partial charge is 0.315 e. The van der Waals surface area contributed by atoms with Gasteiger partial charge < -0.3 is 15.5 Å². The Morgan fingerprint density at radius 1 is 1.32 bits per heavy atom. The van der Waals surface area contributed by atoms with Gasteiger partial charge >= 0.3 is 6.03 Å². The molecule has 3 rings (SSSR count). The first-order chi connectivity index (χ1) is 10.7. The van der Waals surface area contributed by atoms with Crippen LogP contribution in [-0.4, -0.2) is 43.2 Å². The van der Waals surface area contributed by atoms with Crippen LogP contribution >= 0.6 is 0 Å². The first-order valence-corrected chi connectivity index (χ1v) is 8.51. The summed E-state index contributed by atoms with van der Waals surface area (Å²) in [5, 5.41) is 6.06. The molecule has 1 aromatic rings. The van der Waals surface area contributed by atoms with Gasteiger partial charge in [0.25, 0.3) is 0 Å². The van der Waals surface area contributed by atoms with Gasteiger partial charge in [0.1, 0.15) is 0 Å². The maximum absolute atomic E-state index is 11.8. The maximum atomic E-state index is 11.8. The molecule has 1 saturated carbocycles. The number of nitrogens with zero attached hydrogens (tertiary/aromatic N) is 1. The van der Waals surface area contributed by atoms with Crippen molar-refractivity contribution in [3.05, 3.63) is 35.9 Å². The Hall–Kier alpha value is -1.55. The summed E-state index contributed by atoms with van der Waals surface area (Å²) in [6.45, 7) is 6.35. The summed E-state index contributed by atoms with van der Waals surface area (Å²) in [6, 6.07) is 11.1. The van der Waals surface area contributed by atoms with E-state index >= 15 is 0 Å². The standard InChI is InChI=1S/C18H27N3O/c1-14-11-17(14)20-18(22)19-12-16-8-10-21(13-16)9-7-15-5-3-2-4-6-15/h2-6,14,16-17H,7-13H2,1H3,(H2,19,20,22). The Labute approximate surface area is 133 Å². The Kier molecular flexibility index (Phi) is 4.98. The van der Waals surface area contributed by atoms with Crippen LogP contribution in [0.15, 0.2) is 30.3 Å². The summed E-state index contributed by atoms with van der Waals surface area (Å²) in [7, 11) is 0. The lowest BCUT2D eigenvalue weighted by molar-refractivity contribution is 0.237. The molecule has 22 heavy (non-hydrogen) atoms. The molecule has 0 spiro atoms. The molecule has 3 atom stereocenters. The normalized spacial score (nSPS) is 27.6. The highest BCUT2D eigenvalue weighted by Crippen LogP contribution is 2.28. The lowest BCUT2D eigenvalue weighted by atomic mass is 10.1. The zero-order chi connectivity index (χ0) is 15.4.